The highest BCUT2D eigenvalue weighted by Crippen LogP contribution is 2.35. The van der Waals surface area contributed by atoms with Gasteiger partial charge in [0, 0.05) is 19.2 Å². The molecule has 34 heavy (non-hydrogen) atoms. The summed E-state index contributed by atoms with van der Waals surface area (Å²) in [5, 5.41) is 0.793. The van der Waals surface area contributed by atoms with Crippen molar-refractivity contribution < 1.29 is 19.1 Å². The predicted octanol–water partition coefficient (Wildman–Crippen LogP) is 5.04. The summed E-state index contributed by atoms with van der Waals surface area (Å²) in [6.07, 6.45) is 5.52. The quantitative estimate of drug-likeness (QED) is 0.333. The van der Waals surface area contributed by atoms with Crippen LogP contribution in [0.5, 0.6) is 0 Å². The fraction of sp³-hybridized carbons (Fsp3) is 0.346. The summed E-state index contributed by atoms with van der Waals surface area (Å²) in [6.45, 7) is 0.799. The van der Waals surface area contributed by atoms with Crippen molar-refractivity contribution in [3.63, 3.8) is 0 Å². The molecule has 0 spiro atoms. The van der Waals surface area contributed by atoms with Gasteiger partial charge in [0.15, 0.2) is 0 Å². The first-order chi connectivity index (χ1) is 16.6. The lowest BCUT2D eigenvalue weighted by Gasteiger charge is -2.26. The summed E-state index contributed by atoms with van der Waals surface area (Å²) >= 11 is 1.50. The van der Waals surface area contributed by atoms with Crippen molar-refractivity contribution >= 4 is 23.8 Å². The van der Waals surface area contributed by atoms with Gasteiger partial charge in [-0.3, -0.25) is 4.90 Å². The molecule has 1 aliphatic rings. The van der Waals surface area contributed by atoms with Crippen LogP contribution in [0.2, 0.25) is 0 Å². The number of imidazole rings is 1. The molecule has 8 heteroatoms. The van der Waals surface area contributed by atoms with Gasteiger partial charge in [0.2, 0.25) is 0 Å². The van der Waals surface area contributed by atoms with E-state index in [2.05, 4.69) is 0 Å². The number of benzene rings is 2. The summed E-state index contributed by atoms with van der Waals surface area (Å²) in [5.41, 5.74) is 1.96. The van der Waals surface area contributed by atoms with Crippen LogP contribution in [-0.2, 0) is 27.3 Å². The number of carbonyl (C=O) groups excluding carboxylic acids is 2. The zero-order valence-electron chi connectivity index (χ0n) is 19.4. The minimum absolute atomic E-state index is 0.214. The van der Waals surface area contributed by atoms with E-state index >= 15 is 0 Å². The monoisotopic (exact) mass is 479 g/mol. The zero-order valence-corrected chi connectivity index (χ0v) is 20.2. The van der Waals surface area contributed by atoms with Crippen LogP contribution < -0.4 is 0 Å². The van der Waals surface area contributed by atoms with E-state index < -0.39 is 6.04 Å². The maximum absolute atomic E-state index is 13.0. The second kappa shape index (κ2) is 11.2. The molecule has 1 aliphatic heterocycles. The van der Waals surface area contributed by atoms with Crippen LogP contribution >= 0.6 is 11.8 Å². The largest absolute Gasteiger partial charge is 0.467 e. The molecule has 4 rings (SSSR count). The summed E-state index contributed by atoms with van der Waals surface area (Å²) in [4.78, 5) is 32.4. The van der Waals surface area contributed by atoms with Gasteiger partial charge in [0.25, 0.3) is 0 Å². The number of carbonyl (C=O) groups is 2. The van der Waals surface area contributed by atoms with E-state index in [0.29, 0.717) is 18.8 Å². The third-order valence-electron chi connectivity index (χ3n) is 6.02. The van der Waals surface area contributed by atoms with E-state index in [0.717, 1.165) is 29.0 Å². The van der Waals surface area contributed by atoms with Crippen LogP contribution in [0.25, 0.3) is 0 Å². The Morgan fingerprint density at radius 2 is 1.76 bits per heavy atom. The molecular formula is C26H29N3O4S. The zero-order chi connectivity index (χ0) is 23.9. The van der Waals surface area contributed by atoms with Gasteiger partial charge < -0.3 is 14.0 Å². The molecule has 2 atom stereocenters. The highest BCUT2D eigenvalue weighted by molar-refractivity contribution is 7.98. The number of amides is 1. The number of aromatic nitrogens is 2. The number of rotatable bonds is 8. The Hall–Kier alpha value is -3.26. The maximum Gasteiger partial charge on any atom is 0.410 e. The summed E-state index contributed by atoms with van der Waals surface area (Å²) in [7, 11) is 1.40. The molecule has 1 aromatic heterocycles. The first-order valence-corrected chi connectivity index (χ1v) is 12.5. The van der Waals surface area contributed by atoms with Crippen molar-refractivity contribution in [1.29, 1.82) is 0 Å². The maximum atomic E-state index is 13.0. The van der Waals surface area contributed by atoms with E-state index in [4.69, 9.17) is 14.5 Å². The van der Waals surface area contributed by atoms with Gasteiger partial charge in [-0.25, -0.2) is 14.6 Å². The molecule has 2 aromatic carbocycles. The van der Waals surface area contributed by atoms with Crippen molar-refractivity contribution in [1.82, 2.24) is 14.5 Å². The average Bonchev–Trinajstić information content (AvgIpc) is 3.54. The van der Waals surface area contributed by atoms with E-state index in [1.807, 2.05) is 77.7 Å². The Bertz CT molecular complexity index is 1100. The number of thioether (sulfide) groups is 1. The van der Waals surface area contributed by atoms with Gasteiger partial charge in [-0.1, -0.05) is 60.7 Å². The minimum atomic E-state index is -0.585. The van der Waals surface area contributed by atoms with Crippen LogP contribution in [0.4, 0.5) is 4.79 Å². The van der Waals surface area contributed by atoms with Crippen molar-refractivity contribution in [2.75, 3.05) is 19.9 Å². The number of likely N-dealkylation sites (tertiary alicyclic amines) is 1. The second-order valence-corrected chi connectivity index (χ2v) is 9.00. The van der Waals surface area contributed by atoms with Gasteiger partial charge in [-0.05, 0) is 30.2 Å². The van der Waals surface area contributed by atoms with Gasteiger partial charge in [0.1, 0.15) is 23.5 Å². The molecule has 0 unspecified atom stereocenters. The van der Waals surface area contributed by atoms with E-state index in [9.17, 15) is 9.59 Å². The molecule has 1 saturated heterocycles. The molecule has 1 fully saturated rings. The molecule has 0 radical (unpaired) electrons. The van der Waals surface area contributed by atoms with E-state index in [-0.39, 0.29) is 24.7 Å². The van der Waals surface area contributed by atoms with Crippen molar-refractivity contribution in [2.24, 2.45) is 0 Å². The second-order valence-electron chi connectivity index (χ2n) is 8.17. The Labute approximate surface area is 204 Å². The molecule has 7 nitrogen and oxygen atoms in total. The summed E-state index contributed by atoms with van der Waals surface area (Å²) < 4.78 is 12.7. The standard InChI is InChI=1S/C26H29N3O4S/c1-32-25(30)22(16-19-10-5-3-6-11-19)29-17-23(34-2)27-24(29)21-14-9-15-28(21)26(31)33-18-20-12-7-4-8-13-20/h3-8,10-13,17,21-22H,9,14-16,18H2,1-2H3/t21-,22-/m0/s1. The lowest BCUT2D eigenvalue weighted by Crippen LogP contribution is -2.34. The molecule has 178 valence electrons. The molecule has 2 heterocycles. The van der Waals surface area contributed by atoms with Crippen molar-refractivity contribution in [3.05, 3.63) is 83.8 Å². The predicted molar refractivity (Wildman–Crippen MR) is 131 cm³/mol. The third kappa shape index (κ3) is 5.44. The van der Waals surface area contributed by atoms with Gasteiger partial charge in [-0.15, -0.1) is 11.8 Å². The minimum Gasteiger partial charge on any atom is -0.467 e. The number of ether oxygens (including phenoxy) is 2. The van der Waals surface area contributed by atoms with E-state index in [1.54, 1.807) is 4.90 Å². The molecule has 0 saturated carbocycles. The Kier molecular flexibility index (Phi) is 7.90. The van der Waals surface area contributed by atoms with Crippen LogP contribution in [0.1, 0.15) is 41.9 Å². The molecule has 0 aliphatic carbocycles. The molecule has 3 aromatic rings. The fourth-order valence-corrected chi connectivity index (χ4v) is 4.71. The summed E-state index contributed by atoms with van der Waals surface area (Å²) in [6, 6.07) is 18.6. The van der Waals surface area contributed by atoms with Gasteiger partial charge in [-0.2, -0.15) is 0 Å². The summed E-state index contributed by atoms with van der Waals surface area (Å²) in [5.74, 6) is 0.344. The molecule has 1 amide bonds. The lowest BCUT2D eigenvalue weighted by atomic mass is 10.1. The Morgan fingerprint density at radius 3 is 2.41 bits per heavy atom. The molecule has 0 bridgehead atoms. The van der Waals surface area contributed by atoms with Gasteiger partial charge in [0.05, 0.1) is 13.2 Å². The highest BCUT2D eigenvalue weighted by Gasteiger charge is 2.37. The average molecular weight is 480 g/mol. The Balaban J connectivity index is 1.60. The van der Waals surface area contributed by atoms with Crippen LogP contribution in [0, 0.1) is 0 Å². The number of hydrogen-bond donors (Lipinski definition) is 0. The number of methoxy groups -OCH3 is 1. The normalized spacial score (nSPS) is 16.3. The topological polar surface area (TPSA) is 73.7 Å². The van der Waals surface area contributed by atoms with E-state index in [1.165, 1.54) is 18.9 Å². The first-order valence-electron chi connectivity index (χ1n) is 11.3. The lowest BCUT2D eigenvalue weighted by molar-refractivity contribution is -0.144. The molecular weight excluding hydrogens is 450 g/mol. The van der Waals surface area contributed by atoms with Crippen LogP contribution in [0.3, 0.4) is 0 Å². The van der Waals surface area contributed by atoms with Crippen molar-refractivity contribution in [2.45, 2.75) is 43.0 Å². The fourth-order valence-electron chi connectivity index (χ4n) is 4.30. The third-order valence-corrected chi connectivity index (χ3v) is 6.63. The van der Waals surface area contributed by atoms with Crippen LogP contribution in [-0.4, -0.2) is 46.4 Å². The van der Waals surface area contributed by atoms with Gasteiger partial charge >= 0.3 is 12.1 Å². The number of esters is 1. The molecule has 0 N–H and O–H groups in total. The van der Waals surface area contributed by atoms with Crippen molar-refractivity contribution in [3.8, 4) is 0 Å². The Morgan fingerprint density at radius 1 is 1.09 bits per heavy atom. The number of nitrogens with zero attached hydrogens (tertiary/aromatic N) is 3. The smallest absolute Gasteiger partial charge is 0.410 e. The SMILES string of the molecule is COC(=O)[C@H](Cc1ccccc1)n1cc(SC)nc1[C@@H]1CCCN1C(=O)OCc1ccccc1. The number of hydrogen-bond acceptors (Lipinski definition) is 6. The van der Waals surface area contributed by atoms with Crippen LogP contribution in [0.15, 0.2) is 71.9 Å². The highest BCUT2D eigenvalue weighted by atomic mass is 32.2. The first kappa shape index (κ1) is 23.9.